The van der Waals surface area contributed by atoms with Gasteiger partial charge in [-0.25, -0.2) is 0 Å². The fraction of sp³-hybridized carbons (Fsp3) is 0.625. The number of nitrogens with one attached hydrogen (secondary N) is 1. The Morgan fingerprint density at radius 3 is 2.58 bits per heavy atom. The Bertz CT molecular complexity index is 379. The maximum absolute atomic E-state index is 6.24. The van der Waals surface area contributed by atoms with Gasteiger partial charge < -0.3 is 5.32 Å². The van der Waals surface area contributed by atoms with E-state index in [0.29, 0.717) is 6.04 Å². The van der Waals surface area contributed by atoms with E-state index in [1.807, 2.05) is 0 Å². The van der Waals surface area contributed by atoms with Gasteiger partial charge in [0.05, 0.1) is 5.02 Å². The van der Waals surface area contributed by atoms with Gasteiger partial charge in [-0.2, -0.15) is 0 Å². The molecule has 0 aliphatic carbocycles. The van der Waals surface area contributed by atoms with E-state index in [1.54, 1.807) is 0 Å². The predicted molar refractivity (Wildman–Crippen MR) is 93.9 cm³/mol. The fourth-order valence-corrected chi connectivity index (χ4v) is 2.69. The summed E-state index contributed by atoms with van der Waals surface area (Å²) in [4.78, 5) is 0. The van der Waals surface area contributed by atoms with Crippen molar-refractivity contribution in [2.75, 3.05) is 6.54 Å². The molecule has 3 heteroatoms. The monoisotopic (exact) mass is 393 g/mol. The van der Waals surface area contributed by atoms with Crippen molar-refractivity contribution >= 4 is 34.2 Å². The molecule has 1 unspecified atom stereocenters. The normalized spacial score (nSPS) is 12.9. The van der Waals surface area contributed by atoms with Crippen molar-refractivity contribution in [2.24, 2.45) is 5.92 Å². The highest BCUT2D eigenvalue weighted by Gasteiger charge is 2.12. The standard InChI is InChI=1S/C16H25ClIN/c1-4-10-19-16(7-5-6-12(2)3)13-8-9-15(18)14(17)11-13/h8-9,11-12,16,19H,4-7,10H2,1-3H3. The van der Waals surface area contributed by atoms with Crippen LogP contribution in [0.25, 0.3) is 0 Å². The Morgan fingerprint density at radius 2 is 2.00 bits per heavy atom. The van der Waals surface area contributed by atoms with Crippen LogP contribution in [0, 0.1) is 9.49 Å². The van der Waals surface area contributed by atoms with Gasteiger partial charge in [0, 0.05) is 9.61 Å². The molecule has 0 saturated heterocycles. The summed E-state index contributed by atoms with van der Waals surface area (Å²) >= 11 is 8.52. The van der Waals surface area contributed by atoms with Crippen molar-refractivity contribution in [3.8, 4) is 0 Å². The topological polar surface area (TPSA) is 12.0 Å². The van der Waals surface area contributed by atoms with Crippen LogP contribution in [0.3, 0.4) is 0 Å². The summed E-state index contributed by atoms with van der Waals surface area (Å²) in [6.07, 6.45) is 4.92. The minimum atomic E-state index is 0.438. The summed E-state index contributed by atoms with van der Waals surface area (Å²) in [7, 11) is 0. The van der Waals surface area contributed by atoms with Crippen LogP contribution in [0.2, 0.25) is 5.02 Å². The second-order valence-corrected chi connectivity index (χ2v) is 7.07. The number of rotatable bonds is 8. The first-order valence-electron chi connectivity index (χ1n) is 7.23. The molecule has 0 aromatic heterocycles. The molecular formula is C16H25ClIN. The molecule has 0 radical (unpaired) electrons. The number of halogens is 2. The lowest BCUT2D eigenvalue weighted by Gasteiger charge is -2.20. The molecule has 1 atom stereocenters. The Morgan fingerprint density at radius 1 is 1.26 bits per heavy atom. The largest absolute Gasteiger partial charge is 0.310 e. The maximum atomic E-state index is 6.24. The Labute approximate surface area is 136 Å². The first-order chi connectivity index (χ1) is 9.04. The van der Waals surface area contributed by atoms with E-state index in [1.165, 1.54) is 31.2 Å². The highest BCUT2D eigenvalue weighted by atomic mass is 127. The number of hydrogen-bond acceptors (Lipinski definition) is 1. The van der Waals surface area contributed by atoms with E-state index < -0.39 is 0 Å². The molecule has 19 heavy (non-hydrogen) atoms. The van der Waals surface area contributed by atoms with Gasteiger partial charge in [-0.05, 0) is 65.6 Å². The highest BCUT2D eigenvalue weighted by Crippen LogP contribution is 2.26. The fourth-order valence-electron chi connectivity index (χ4n) is 2.16. The minimum absolute atomic E-state index is 0.438. The van der Waals surface area contributed by atoms with Gasteiger partial charge in [-0.3, -0.25) is 0 Å². The third kappa shape index (κ3) is 6.46. The van der Waals surface area contributed by atoms with Crippen molar-refractivity contribution < 1.29 is 0 Å². The third-order valence-corrected chi connectivity index (χ3v) is 4.83. The molecule has 1 aromatic rings. The van der Waals surface area contributed by atoms with Gasteiger partial charge in [0.1, 0.15) is 0 Å². The Balaban J connectivity index is 2.68. The van der Waals surface area contributed by atoms with Gasteiger partial charge in [0.2, 0.25) is 0 Å². The molecule has 0 bridgehead atoms. The van der Waals surface area contributed by atoms with Crippen molar-refractivity contribution in [3.05, 3.63) is 32.4 Å². The van der Waals surface area contributed by atoms with E-state index in [0.717, 1.165) is 21.1 Å². The molecule has 0 fully saturated rings. The highest BCUT2D eigenvalue weighted by molar-refractivity contribution is 14.1. The second-order valence-electron chi connectivity index (χ2n) is 5.51. The SMILES string of the molecule is CCCNC(CCCC(C)C)c1ccc(I)c(Cl)c1. The zero-order valence-corrected chi connectivity index (χ0v) is 15.1. The molecule has 0 aliphatic heterocycles. The van der Waals surface area contributed by atoms with Crippen LogP contribution >= 0.6 is 34.2 Å². The van der Waals surface area contributed by atoms with Crippen LogP contribution in [-0.2, 0) is 0 Å². The molecule has 0 aliphatic rings. The molecule has 1 N–H and O–H groups in total. The average Bonchev–Trinajstić information content (AvgIpc) is 2.36. The van der Waals surface area contributed by atoms with Crippen molar-refractivity contribution in [1.29, 1.82) is 0 Å². The summed E-state index contributed by atoms with van der Waals surface area (Å²) in [5, 5.41) is 4.51. The molecule has 108 valence electrons. The lowest BCUT2D eigenvalue weighted by molar-refractivity contribution is 0.447. The minimum Gasteiger partial charge on any atom is -0.310 e. The summed E-state index contributed by atoms with van der Waals surface area (Å²) in [5.41, 5.74) is 1.32. The van der Waals surface area contributed by atoms with E-state index >= 15 is 0 Å². The third-order valence-electron chi connectivity index (χ3n) is 3.26. The van der Waals surface area contributed by atoms with E-state index in [2.05, 4.69) is 66.9 Å². The van der Waals surface area contributed by atoms with Crippen molar-refractivity contribution in [2.45, 2.75) is 52.5 Å². The number of benzene rings is 1. The molecule has 0 spiro atoms. The van der Waals surface area contributed by atoms with Gasteiger partial charge >= 0.3 is 0 Å². The van der Waals surface area contributed by atoms with Gasteiger partial charge in [-0.15, -0.1) is 0 Å². The molecule has 0 saturated carbocycles. The number of hydrogen-bond donors (Lipinski definition) is 1. The van der Waals surface area contributed by atoms with Crippen LogP contribution in [0.15, 0.2) is 18.2 Å². The van der Waals surface area contributed by atoms with E-state index in [4.69, 9.17) is 11.6 Å². The molecule has 1 rings (SSSR count). The van der Waals surface area contributed by atoms with Gasteiger partial charge in [0.25, 0.3) is 0 Å². The maximum Gasteiger partial charge on any atom is 0.0542 e. The van der Waals surface area contributed by atoms with Crippen LogP contribution < -0.4 is 5.32 Å². The summed E-state index contributed by atoms with van der Waals surface area (Å²) in [6, 6.07) is 6.87. The first kappa shape index (κ1) is 17.3. The van der Waals surface area contributed by atoms with Crippen LogP contribution in [0.1, 0.15) is 58.1 Å². The van der Waals surface area contributed by atoms with Crippen molar-refractivity contribution in [3.63, 3.8) is 0 Å². The first-order valence-corrected chi connectivity index (χ1v) is 8.68. The molecular weight excluding hydrogens is 369 g/mol. The summed E-state index contributed by atoms with van der Waals surface area (Å²) < 4.78 is 1.12. The quantitative estimate of drug-likeness (QED) is 0.549. The Kier molecular flexibility index (Phi) is 8.35. The average molecular weight is 394 g/mol. The molecule has 0 heterocycles. The predicted octanol–water partition coefficient (Wildman–Crippen LogP) is 5.81. The lowest BCUT2D eigenvalue weighted by Crippen LogP contribution is -2.22. The van der Waals surface area contributed by atoms with Crippen molar-refractivity contribution in [1.82, 2.24) is 5.32 Å². The van der Waals surface area contributed by atoms with Crippen LogP contribution in [-0.4, -0.2) is 6.54 Å². The van der Waals surface area contributed by atoms with E-state index in [-0.39, 0.29) is 0 Å². The zero-order chi connectivity index (χ0) is 14.3. The van der Waals surface area contributed by atoms with E-state index in [9.17, 15) is 0 Å². The van der Waals surface area contributed by atoms with Gasteiger partial charge in [-0.1, -0.05) is 51.3 Å². The van der Waals surface area contributed by atoms with Crippen LogP contribution in [0.4, 0.5) is 0 Å². The lowest BCUT2D eigenvalue weighted by atomic mass is 9.98. The smallest absolute Gasteiger partial charge is 0.0542 e. The molecule has 1 aromatic carbocycles. The molecule has 0 amide bonds. The Hall–Kier alpha value is 0.200. The van der Waals surface area contributed by atoms with Gasteiger partial charge in [0.15, 0.2) is 0 Å². The summed E-state index contributed by atoms with van der Waals surface area (Å²) in [6.45, 7) is 7.85. The van der Waals surface area contributed by atoms with Crippen LogP contribution in [0.5, 0.6) is 0 Å². The second kappa shape index (κ2) is 9.19. The molecule has 1 nitrogen and oxygen atoms in total. The summed E-state index contributed by atoms with van der Waals surface area (Å²) in [5.74, 6) is 0.784. The zero-order valence-electron chi connectivity index (χ0n) is 12.2.